The number of hydrogen-bond acceptors (Lipinski definition) is 3. The van der Waals surface area contributed by atoms with Gasteiger partial charge in [-0.2, -0.15) is 0 Å². The molecule has 0 saturated heterocycles. The van der Waals surface area contributed by atoms with E-state index >= 15 is 0 Å². The van der Waals surface area contributed by atoms with E-state index in [1.165, 1.54) is 11.8 Å². The highest BCUT2D eigenvalue weighted by molar-refractivity contribution is 9.10. The summed E-state index contributed by atoms with van der Waals surface area (Å²) in [6.07, 6.45) is 0. The van der Waals surface area contributed by atoms with Crippen LogP contribution in [0, 0.1) is 0 Å². The van der Waals surface area contributed by atoms with Crippen molar-refractivity contribution in [3.8, 4) is 0 Å². The third-order valence-electron chi connectivity index (χ3n) is 2.23. The maximum Gasteiger partial charge on any atom is 0.232 e. The van der Waals surface area contributed by atoms with E-state index in [1.54, 1.807) is 11.9 Å². The van der Waals surface area contributed by atoms with E-state index in [0.29, 0.717) is 11.4 Å². The Bertz CT molecular complexity index is 384. The lowest BCUT2D eigenvalue weighted by Gasteiger charge is -2.14. The number of benzene rings is 1. The maximum atomic E-state index is 11.6. The van der Waals surface area contributed by atoms with Crippen LogP contribution in [0.4, 0.5) is 5.69 Å². The number of rotatable bonds is 4. The van der Waals surface area contributed by atoms with Crippen molar-refractivity contribution in [2.45, 2.75) is 11.8 Å². The topological polar surface area (TPSA) is 46.3 Å². The summed E-state index contributed by atoms with van der Waals surface area (Å²) in [7, 11) is 1.80. The molecule has 3 nitrogen and oxygen atoms in total. The minimum absolute atomic E-state index is 0.117. The van der Waals surface area contributed by atoms with E-state index in [2.05, 4.69) is 15.9 Å². The number of anilines is 1. The third-order valence-corrected chi connectivity index (χ3v) is 3.78. The molecule has 0 radical (unpaired) electrons. The Kier molecular flexibility index (Phi) is 5.15. The third kappa shape index (κ3) is 3.72. The number of nitrogens with two attached hydrogens (primary N) is 1. The quantitative estimate of drug-likeness (QED) is 0.687. The van der Waals surface area contributed by atoms with Gasteiger partial charge in [0.15, 0.2) is 0 Å². The van der Waals surface area contributed by atoms with Crippen LogP contribution in [0.15, 0.2) is 27.6 Å². The summed E-state index contributed by atoms with van der Waals surface area (Å²) in [4.78, 5) is 14.2. The molecule has 0 aliphatic carbocycles. The molecule has 0 bridgehead atoms. The van der Waals surface area contributed by atoms with Crippen LogP contribution in [0.1, 0.15) is 6.92 Å². The lowest BCUT2D eigenvalue weighted by Crippen LogP contribution is -2.27. The lowest BCUT2D eigenvalue weighted by molar-refractivity contribution is -0.126. The molecule has 88 valence electrons. The molecular weight excluding hydrogens is 288 g/mol. The Balaban J connectivity index is 2.61. The van der Waals surface area contributed by atoms with Gasteiger partial charge < -0.3 is 10.6 Å². The molecule has 0 heterocycles. The number of halogens is 1. The van der Waals surface area contributed by atoms with Gasteiger partial charge in [0.05, 0.1) is 5.75 Å². The number of hydrogen-bond donors (Lipinski definition) is 1. The zero-order valence-corrected chi connectivity index (χ0v) is 11.8. The average Bonchev–Trinajstić information content (AvgIpc) is 2.28. The Labute approximate surface area is 109 Å². The predicted molar refractivity (Wildman–Crippen MR) is 72.6 cm³/mol. The molecule has 16 heavy (non-hydrogen) atoms. The summed E-state index contributed by atoms with van der Waals surface area (Å²) in [6, 6.07) is 5.65. The molecule has 0 atom stereocenters. The molecule has 1 rings (SSSR count). The maximum absolute atomic E-state index is 11.6. The molecule has 1 aromatic rings. The van der Waals surface area contributed by atoms with Gasteiger partial charge >= 0.3 is 0 Å². The second kappa shape index (κ2) is 6.15. The van der Waals surface area contributed by atoms with Crippen LogP contribution in [0.3, 0.4) is 0 Å². The van der Waals surface area contributed by atoms with Crippen molar-refractivity contribution in [3.63, 3.8) is 0 Å². The van der Waals surface area contributed by atoms with Crippen molar-refractivity contribution in [1.82, 2.24) is 4.90 Å². The largest absolute Gasteiger partial charge is 0.398 e. The first-order valence-electron chi connectivity index (χ1n) is 4.96. The minimum Gasteiger partial charge on any atom is -0.398 e. The highest BCUT2D eigenvalue weighted by Crippen LogP contribution is 2.28. The normalized spacial score (nSPS) is 10.2. The monoisotopic (exact) mass is 302 g/mol. The Morgan fingerprint density at radius 3 is 2.88 bits per heavy atom. The molecule has 0 fully saturated rings. The molecule has 0 unspecified atom stereocenters. The Hall–Kier alpha value is -0.680. The molecule has 5 heteroatoms. The fraction of sp³-hybridized carbons (Fsp3) is 0.364. The van der Waals surface area contributed by atoms with Gasteiger partial charge in [0.25, 0.3) is 0 Å². The first kappa shape index (κ1) is 13.4. The molecule has 0 spiro atoms. The smallest absolute Gasteiger partial charge is 0.232 e. The summed E-state index contributed by atoms with van der Waals surface area (Å²) in [6.45, 7) is 2.68. The van der Waals surface area contributed by atoms with E-state index in [0.717, 1.165) is 15.9 Å². The number of nitrogen functional groups attached to an aromatic ring is 1. The van der Waals surface area contributed by atoms with Gasteiger partial charge in [-0.25, -0.2) is 0 Å². The van der Waals surface area contributed by atoms with E-state index in [1.807, 2.05) is 25.1 Å². The van der Waals surface area contributed by atoms with E-state index in [9.17, 15) is 4.79 Å². The molecule has 2 N–H and O–H groups in total. The fourth-order valence-electron chi connectivity index (χ4n) is 1.06. The van der Waals surface area contributed by atoms with Crippen molar-refractivity contribution < 1.29 is 4.79 Å². The van der Waals surface area contributed by atoms with Gasteiger partial charge in [-0.1, -0.05) is 15.9 Å². The Morgan fingerprint density at radius 1 is 1.56 bits per heavy atom. The highest BCUT2D eigenvalue weighted by atomic mass is 79.9. The summed E-state index contributed by atoms with van der Waals surface area (Å²) in [5.74, 6) is 0.539. The Morgan fingerprint density at radius 2 is 2.25 bits per heavy atom. The standard InChI is InChI=1S/C11H15BrN2OS/c1-3-14(2)11(15)7-16-10-6-8(12)4-5-9(10)13/h4-6H,3,7,13H2,1-2H3. The number of nitrogens with zero attached hydrogens (tertiary/aromatic N) is 1. The fourth-order valence-corrected chi connectivity index (χ4v) is 2.52. The van der Waals surface area contributed by atoms with Crippen LogP contribution in [0.2, 0.25) is 0 Å². The van der Waals surface area contributed by atoms with Crippen LogP contribution in [0.5, 0.6) is 0 Å². The summed E-state index contributed by atoms with van der Waals surface area (Å²) < 4.78 is 0.973. The highest BCUT2D eigenvalue weighted by Gasteiger charge is 2.08. The molecule has 0 aromatic heterocycles. The zero-order valence-electron chi connectivity index (χ0n) is 9.37. The van der Waals surface area contributed by atoms with E-state index in [4.69, 9.17) is 5.73 Å². The molecule has 0 saturated carbocycles. The minimum atomic E-state index is 0.117. The van der Waals surface area contributed by atoms with Crippen LogP contribution in [-0.4, -0.2) is 30.2 Å². The van der Waals surface area contributed by atoms with Gasteiger partial charge in [0.2, 0.25) is 5.91 Å². The predicted octanol–water partition coefficient (Wildman–Crippen LogP) is 2.60. The van der Waals surface area contributed by atoms with Gasteiger partial charge in [0, 0.05) is 28.6 Å². The van der Waals surface area contributed by atoms with Gasteiger partial charge in [-0.05, 0) is 25.1 Å². The zero-order chi connectivity index (χ0) is 12.1. The molecule has 0 aliphatic heterocycles. The van der Waals surface area contributed by atoms with E-state index < -0.39 is 0 Å². The average molecular weight is 303 g/mol. The molecule has 1 amide bonds. The number of carbonyl (C=O) groups excluding carboxylic acids is 1. The molecule has 1 aromatic carbocycles. The van der Waals surface area contributed by atoms with Crippen molar-refractivity contribution in [2.24, 2.45) is 0 Å². The molecular formula is C11H15BrN2OS. The van der Waals surface area contributed by atoms with Gasteiger partial charge in [0.1, 0.15) is 0 Å². The van der Waals surface area contributed by atoms with Crippen molar-refractivity contribution in [2.75, 3.05) is 25.1 Å². The number of thioether (sulfide) groups is 1. The number of carbonyl (C=O) groups is 1. The van der Waals surface area contributed by atoms with E-state index in [-0.39, 0.29) is 5.91 Å². The summed E-state index contributed by atoms with van der Waals surface area (Å²) in [5.41, 5.74) is 6.53. The van der Waals surface area contributed by atoms with Gasteiger partial charge in [-0.3, -0.25) is 4.79 Å². The second-order valence-electron chi connectivity index (χ2n) is 3.38. The van der Waals surface area contributed by atoms with Crippen LogP contribution < -0.4 is 5.73 Å². The van der Waals surface area contributed by atoms with Crippen molar-refractivity contribution >= 4 is 39.3 Å². The van der Waals surface area contributed by atoms with Crippen molar-refractivity contribution in [3.05, 3.63) is 22.7 Å². The lowest BCUT2D eigenvalue weighted by atomic mass is 10.3. The van der Waals surface area contributed by atoms with Crippen molar-refractivity contribution in [1.29, 1.82) is 0 Å². The van der Waals surface area contributed by atoms with Crippen LogP contribution >= 0.6 is 27.7 Å². The van der Waals surface area contributed by atoms with Crippen LogP contribution in [-0.2, 0) is 4.79 Å². The SMILES string of the molecule is CCN(C)C(=O)CSc1cc(Br)ccc1N. The summed E-state index contributed by atoms with van der Waals surface area (Å²) >= 11 is 4.85. The molecule has 0 aliphatic rings. The first-order valence-corrected chi connectivity index (χ1v) is 6.74. The summed E-state index contributed by atoms with van der Waals surface area (Å²) in [5, 5.41) is 0. The van der Waals surface area contributed by atoms with Gasteiger partial charge in [-0.15, -0.1) is 11.8 Å². The number of amides is 1. The second-order valence-corrected chi connectivity index (χ2v) is 5.31. The first-order chi connectivity index (χ1) is 7.54. The van der Waals surface area contributed by atoms with Crippen LogP contribution in [0.25, 0.3) is 0 Å².